The number of carbonyl (C=O) groups excluding carboxylic acids is 1. The van der Waals surface area contributed by atoms with E-state index in [2.05, 4.69) is 41.4 Å². The number of urea groups is 1. The van der Waals surface area contributed by atoms with E-state index in [4.69, 9.17) is 11.6 Å². The van der Waals surface area contributed by atoms with E-state index >= 15 is 0 Å². The first-order valence-electron chi connectivity index (χ1n) is 9.03. The van der Waals surface area contributed by atoms with Crippen LogP contribution in [-0.4, -0.2) is 42.0 Å². The minimum Gasteiger partial charge on any atom is -0.322 e. The molecular formula is C21H26ClN3O. The van der Waals surface area contributed by atoms with E-state index in [9.17, 15) is 4.79 Å². The molecule has 1 N–H and O–H groups in total. The van der Waals surface area contributed by atoms with Crippen molar-refractivity contribution in [2.45, 2.75) is 27.3 Å². The van der Waals surface area contributed by atoms with Crippen LogP contribution < -0.4 is 5.32 Å². The van der Waals surface area contributed by atoms with E-state index in [-0.39, 0.29) is 6.03 Å². The summed E-state index contributed by atoms with van der Waals surface area (Å²) >= 11 is 5.94. The third kappa shape index (κ3) is 4.57. The zero-order chi connectivity index (χ0) is 18.7. The van der Waals surface area contributed by atoms with Gasteiger partial charge in [0, 0.05) is 43.4 Å². The molecule has 0 unspecified atom stereocenters. The average Bonchev–Trinajstić information content (AvgIpc) is 2.60. The minimum atomic E-state index is -0.00815. The summed E-state index contributed by atoms with van der Waals surface area (Å²) in [6, 6.07) is 12.2. The Morgan fingerprint density at radius 2 is 1.58 bits per heavy atom. The number of amides is 2. The maximum Gasteiger partial charge on any atom is 0.321 e. The fraction of sp³-hybridized carbons (Fsp3) is 0.381. The lowest BCUT2D eigenvalue weighted by Gasteiger charge is -2.35. The van der Waals surface area contributed by atoms with E-state index in [0.29, 0.717) is 0 Å². The van der Waals surface area contributed by atoms with Crippen LogP contribution in [0.3, 0.4) is 0 Å². The Balaban J connectivity index is 1.54. The average molecular weight is 372 g/mol. The van der Waals surface area contributed by atoms with Crippen molar-refractivity contribution in [2.75, 3.05) is 31.5 Å². The largest absolute Gasteiger partial charge is 0.322 e. The molecule has 2 amide bonds. The molecule has 2 aromatic carbocycles. The zero-order valence-electron chi connectivity index (χ0n) is 15.7. The Morgan fingerprint density at radius 1 is 1.00 bits per heavy atom. The quantitative estimate of drug-likeness (QED) is 0.854. The monoisotopic (exact) mass is 371 g/mol. The molecular weight excluding hydrogens is 346 g/mol. The van der Waals surface area contributed by atoms with Gasteiger partial charge in [-0.25, -0.2) is 4.79 Å². The first-order valence-corrected chi connectivity index (χ1v) is 9.41. The number of anilines is 1. The lowest BCUT2D eigenvalue weighted by molar-refractivity contribution is 0.143. The van der Waals surface area contributed by atoms with Crippen molar-refractivity contribution in [1.82, 2.24) is 9.80 Å². The number of halogens is 1. The number of nitrogens with zero attached hydrogens (tertiary/aromatic N) is 2. The fourth-order valence-electron chi connectivity index (χ4n) is 3.52. The molecule has 1 saturated heterocycles. The number of benzene rings is 2. The Bertz CT molecular complexity index is 757. The Labute approximate surface area is 160 Å². The van der Waals surface area contributed by atoms with Crippen LogP contribution in [0.5, 0.6) is 0 Å². The Kier molecular flexibility index (Phi) is 5.84. The van der Waals surface area contributed by atoms with E-state index in [1.54, 1.807) is 0 Å². The van der Waals surface area contributed by atoms with Gasteiger partial charge in [-0.1, -0.05) is 41.4 Å². The van der Waals surface area contributed by atoms with Crippen LogP contribution in [0, 0.1) is 20.8 Å². The highest BCUT2D eigenvalue weighted by Crippen LogP contribution is 2.22. The molecule has 0 aromatic heterocycles. The second-order valence-corrected chi connectivity index (χ2v) is 7.53. The molecule has 0 spiro atoms. The van der Waals surface area contributed by atoms with Gasteiger partial charge in [-0.15, -0.1) is 0 Å². The van der Waals surface area contributed by atoms with Gasteiger partial charge in [0.2, 0.25) is 0 Å². The summed E-state index contributed by atoms with van der Waals surface area (Å²) in [7, 11) is 0. The van der Waals surface area contributed by atoms with E-state index in [0.717, 1.165) is 54.6 Å². The van der Waals surface area contributed by atoms with Gasteiger partial charge < -0.3 is 10.2 Å². The third-order valence-corrected chi connectivity index (χ3v) is 5.14. The smallest absolute Gasteiger partial charge is 0.321 e. The molecule has 3 rings (SSSR count). The van der Waals surface area contributed by atoms with Crippen molar-refractivity contribution in [3.63, 3.8) is 0 Å². The van der Waals surface area contributed by atoms with Crippen LogP contribution in [-0.2, 0) is 6.54 Å². The van der Waals surface area contributed by atoms with Crippen LogP contribution in [0.4, 0.5) is 10.5 Å². The van der Waals surface area contributed by atoms with Crippen molar-refractivity contribution in [1.29, 1.82) is 0 Å². The van der Waals surface area contributed by atoms with Crippen LogP contribution >= 0.6 is 11.6 Å². The van der Waals surface area contributed by atoms with Gasteiger partial charge in [-0.05, 0) is 49.6 Å². The number of rotatable bonds is 3. The molecule has 138 valence electrons. The summed E-state index contributed by atoms with van der Waals surface area (Å²) in [5, 5.41) is 3.86. The van der Waals surface area contributed by atoms with E-state index < -0.39 is 0 Å². The second kappa shape index (κ2) is 8.11. The van der Waals surface area contributed by atoms with Gasteiger partial charge in [0.1, 0.15) is 0 Å². The topological polar surface area (TPSA) is 35.6 Å². The van der Waals surface area contributed by atoms with Crippen LogP contribution in [0.15, 0.2) is 36.4 Å². The molecule has 0 saturated carbocycles. The Morgan fingerprint density at radius 3 is 2.15 bits per heavy atom. The molecule has 5 heteroatoms. The SMILES string of the molecule is Cc1cc(C)c(NC(=O)N2CCN(Cc3ccc(Cl)cc3)CC2)c(C)c1. The van der Waals surface area contributed by atoms with Crippen molar-refractivity contribution < 1.29 is 4.79 Å². The first kappa shape index (κ1) is 18.7. The summed E-state index contributed by atoms with van der Waals surface area (Å²) in [6.07, 6.45) is 0. The number of carbonyl (C=O) groups is 1. The minimum absolute atomic E-state index is 0.00815. The van der Waals surface area contributed by atoms with Gasteiger partial charge in [-0.3, -0.25) is 4.90 Å². The van der Waals surface area contributed by atoms with Gasteiger partial charge in [-0.2, -0.15) is 0 Å². The van der Waals surface area contributed by atoms with Gasteiger partial charge >= 0.3 is 6.03 Å². The zero-order valence-corrected chi connectivity index (χ0v) is 16.4. The predicted molar refractivity (Wildman–Crippen MR) is 108 cm³/mol. The van der Waals surface area contributed by atoms with Crippen molar-refractivity contribution in [3.8, 4) is 0 Å². The predicted octanol–water partition coefficient (Wildman–Crippen LogP) is 4.61. The molecule has 2 aromatic rings. The highest BCUT2D eigenvalue weighted by molar-refractivity contribution is 6.30. The molecule has 1 fully saturated rings. The standard InChI is InChI=1S/C21H26ClN3O/c1-15-12-16(2)20(17(3)13-15)23-21(26)25-10-8-24(9-11-25)14-18-4-6-19(22)7-5-18/h4-7,12-13H,8-11,14H2,1-3H3,(H,23,26). The van der Waals surface area contributed by atoms with Crippen molar-refractivity contribution >= 4 is 23.3 Å². The molecule has 4 nitrogen and oxygen atoms in total. The number of hydrogen-bond donors (Lipinski definition) is 1. The van der Waals surface area contributed by atoms with Gasteiger partial charge in [0.05, 0.1) is 0 Å². The highest BCUT2D eigenvalue weighted by Gasteiger charge is 2.22. The first-order chi connectivity index (χ1) is 12.4. The molecule has 1 heterocycles. The van der Waals surface area contributed by atoms with Crippen molar-refractivity contribution in [3.05, 3.63) is 63.7 Å². The highest BCUT2D eigenvalue weighted by atomic mass is 35.5. The van der Waals surface area contributed by atoms with Gasteiger partial charge in [0.25, 0.3) is 0 Å². The number of nitrogens with one attached hydrogen (secondary N) is 1. The van der Waals surface area contributed by atoms with E-state index in [1.807, 2.05) is 30.9 Å². The Hall–Kier alpha value is -2.04. The normalized spacial score (nSPS) is 15.2. The molecule has 0 atom stereocenters. The number of aryl methyl sites for hydroxylation is 3. The second-order valence-electron chi connectivity index (χ2n) is 7.09. The molecule has 0 radical (unpaired) electrons. The van der Waals surface area contributed by atoms with Crippen LogP contribution in [0.25, 0.3) is 0 Å². The number of hydrogen-bond acceptors (Lipinski definition) is 2. The number of piperazine rings is 1. The van der Waals surface area contributed by atoms with Crippen LogP contribution in [0.2, 0.25) is 5.02 Å². The summed E-state index contributed by atoms with van der Waals surface area (Å²) in [6.45, 7) is 10.3. The van der Waals surface area contributed by atoms with Crippen LogP contribution in [0.1, 0.15) is 22.3 Å². The van der Waals surface area contributed by atoms with E-state index in [1.165, 1.54) is 11.1 Å². The maximum atomic E-state index is 12.6. The van der Waals surface area contributed by atoms with Crippen molar-refractivity contribution in [2.24, 2.45) is 0 Å². The lowest BCUT2D eigenvalue weighted by Crippen LogP contribution is -2.49. The maximum absolute atomic E-state index is 12.6. The molecule has 26 heavy (non-hydrogen) atoms. The molecule has 0 aliphatic carbocycles. The summed E-state index contributed by atoms with van der Waals surface area (Å²) in [4.78, 5) is 16.9. The summed E-state index contributed by atoms with van der Waals surface area (Å²) in [5.74, 6) is 0. The molecule has 1 aliphatic heterocycles. The third-order valence-electron chi connectivity index (χ3n) is 4.89. The summed E-state index contributed by atoms with van der Waals surface area (Å²) < 4.78 is 0. The lowest BCUT2D eigenvalue weighted by atomic mass is 10.1. The molecule has 1 aliphatic rings. The van der Waals surface area contributed by atoms with Gasteiger partial charge in [0.15, 0.2) is 0 Å². The fourth-order valence-corrected chi connectivity index (χ4v) is 3.65. The summed E-state index contributed by atoms with van der Waals surface area (Å²) in [5.41, 5.74) is 5.62. The molecule has 0 bridgehead atoms.